The summed E-state index contributed by atoms with van der Waals surface area (Å²) in [6, 6.07) is 11.9. The van der Waals surface area contributed by atoms with E-state index in [0.717, 1.165) is 57.4 Å². The molecule has 6 nitrogen and oxygen atoms in total. The van der Waals surface area contributed by atoms with Gasteiger partial charge in [-0.3, -0.25) is 9.69 Å². The van der Waals surface area contributed by atoms with Crippen LogP contribution in [-0.4, -0.2) is 64.8 Å². The maximum atomic E-state index is 12.9. The van der Waals surface area contributed by atoms with Crippen LogP contribution in [0.3, 0.4) is 0 Å². The number of likely N-dealkylation sites (tertiary alicyclic amines) is 2. The van der Waals surface area contributed by atoms with Gasteiger partial charge in [-0.1, -0.05) is 35.5 Å². The Hall–Kier alpha value is -2.18. The lowest BCUT2D eigenvalue weighted by atomic mass is 9.94. The molecule has 4 rings (SSSR count). The van der Waals surface area contributed by atoms with E-state index in [4.69, 9.17) is 4.52 Å². The van der Waals surface area contributed by atoms with Crippen molar-refractivity contribution in [1.29, 1.82) is 0 Å². The summed E-state index contributed by atoms with van der Waals surface area (Å²) in [5.41, 5.74) is 1.31. The number of rotatable bonds is 4. The van der Waals surface area contributed by atoms with Crippen LogP contribution in [0.2, 0.25) is 0 Å². The Morgan fingerprint density at radius 2 is 1.93 bits per heavy atom. The van der Waals surface area contributed by atoms with Crippen molar-refractivity contribution < 1.29 is 14.4 Å². The topological polar surface area (TPSA) is 69.8 Å². The summed E-state index contributed by atoms with van der Waals surface area (Å²) in [4.78, 5) is 17.3. The molecule has 0 aliphatic carbocycles. The van der Waals surface area contributed by atoms with Crippen molar-refractivity contribution >= 4 is 5.91 Å². The minimum atomic E-state index is -0.0455. The molecule has 2 aliphatic heterocycles. The van der Waals surface area contributed by atoms with Crippen LogP contribution in [0.15, 0.2) is 40.9 Å². The number of amides is 1. The van der Waals surface area contributed by atoms with Crippen LogP contribution in [0, 0.1) is 5.92 Å². The Bertz CT molecular complexity index is 753. The third-order valence-electron chi connectivity index (χ3n) is 5.90. The highest BCUT2D eigenvalue weighted by Gasteiger charge is 2.31. The van der Waals surface area contributed by atoms with Gasteiger partial charge in [0.25, 0.3) is 5.91 Å². The Kier molecular flexibility index (Phi) is 5.55. The predicted octanol–water partition coefficient (Wildman–Crippen LogP) is 2.65. The summed E-state index contributed by atoms with van der Waals surface area (Å²) in [5.74, 6) is 1.02. The molecule has 0 spiro atoms. The molecule has 144 valence electrons. The highest BCUT2D eigenvalue weighted by Crippen LogP contribution is 2.25. The SMILES string of the molecule is O=C(c1cc(-c2ccccc2)on1)N1CCC[C@H](N2CCC(CO)CC2)C1. The molecule has 2 saturated heterocycles. The van der Waals surface area contributed by atoms with Gasteiger partial charge in [-0.05, 0) is 44.7 Å². The van der Waals surface area contributed by atoms with Gasteiger partial charge in [0.1, 0.15) is 0 Å². The number of aliphatic hydroxyl groups excluding tert-OH is 1. The normalized spacial score (nSPS) is 22.1. The van der Waals surface area contributed by atoms with Gasteiger partial charge in [0.15, 0.2) is 11.5 Å². The first-order chi connectivity index (χ1) is 13.2. The molecule has 0 saturated carbocycles. The van der Waals surface area contributed by atoms with Crippen molar-refractivity contribution in [1.82, 2.24) is 15.0 Å². The van der Waals surface area contributed by atoms with E-state index in [1.54, 1.807) is 6.07 Å². The summed E-state index contributed by atoms with van der Waals surface area (Å²) in [7, 11) is 0. The molecule has 3 heterocycles. The molecule has 2 aliphatic rings. The maximum Gasteiger partial charge on any atom is 0.276 e. The first-order valence-electron chi connectivity index (χ1n) is 9.91. The van der Waals surface area contributed by atoms with Gasteiger partial charge >= 0.3 is 0 Å². The van der Waals surface area contributed by atoms with Gasteiger partial charge in [-0.15, -0.1) is 0 Å². The lowest BCUT2D eigenvalue weighted by Crippen LogP contribution is -2.52. The number of piperidine rings is 2. The van der Waals surface area contributed by atoms with Crippen LogP contribution in [0.4, 0.5) is 0 Å². The molecular weight excluding hydrogens is 342 g/mol. The quantitative estimate of drug-likeness (QED) is 0.897. The zero-order valence-electron chi connectivity index (χ0n) is 15.6. The van der Waals surface area contributed by atoms with Gasteiger partial charge in [-0.25, -0.2) is 0 Å². The second kappa shape index (κ2) is 8.23. The summed E-state index contributed by atoms with van der Waals surface area (Å²) in [6.45, 7) is 3.84. The number of carbonyl (C=O) groups excluding carboxylic acids is 1. The number of carbonyl (C=O) groups is 1. The number of hydrogen-bond donors (Lipinski definition) is 1. The van der Waals surface area contributed by atoms with Crippen molar-refractivity contribution in [2.75, 3.05) is 32.8 Å². The van der Waals surface area contributed by atoms with Crippen LogP contribution in [0.1, 0.15) is 36.2 Å². The molecule has 0 radical (unpaired) electrons. The third-order valence-corrected chi connectivity index (χ3v) is 5.90. The lowest BCUT2D eigenvalue weighted by Gasteiger charge is -2.42. The summed E-state index contributed by atoms with van der Waals surface area (Å²) in [6.07, 6.45) is 4.23. The van der Waals surface area contributed by atoms with Crippen LogP contribution in [0.25, 0.3) is 11.3 Å². The highest BCUT2D eigenvalue weighted by atomic mass is 16.5. The number of hydrogen-bond acceptors (Lipinski definition) is 5. The zero-order chi connectivity index (χ0) is 18.6. The molecule has 6 heteroatoms. The van der Waals surface area contributed by atoms with Gasteiger partial charge < -0.3 is 14.5 Å². The molecule has 0 unspecified atom stereocenters. The monoisotopic (exact) mass is 369 g/mol. The van der Waals surface area contributed by atoms with E-state index in [9.17, 15) is 9.90 Å². The van der Waals surface area contributed by atoms with Gasteiger partial charge in [-0.2, -0.15) is 0 Å². The fourth-order valence-corrected chi connectivity index (χ4v) is 4.21. The second-order valence-corrected chi connectivity index (χ2v) is 7.65. The minimum absolute atomic E-state index is 0.0455. The number of nitrogens with zero attached hydrogens (tertiary/aromatic N) is 3. The molecule has 2 aromatic rings. The van der Waals surface area contributed by atoms with E-state index >= 15 is 0 Å². The fourth-order valence-electron chi connectivity index (χ4n) is 4.21. The lowest BCUT2D eigenvalue weighted by molar-refractivity contribution is 0.0439. The number of benzene rings is 1. The van der Waals surface area contributed by atoms with E-state index in [1.165, 1.54) is 0 Å². The third kappa shape index (κ3) is 4.06. The van der Waals surface area contributed by atoms with Crippen LogP contribution < -0.4 is 0 Å². The van der Waals surface area contributed by atoms with Crippen molar-refractivity contribution in [2.24, 2.45) is 5.92 Å². The molecule has 2 fully saturated rings. The molecule has 1 amide bonds. The van der Waals surface area contributed by atoms with Crippen LogP contribution in [-0.2, 0) is 0 Å². The minimum Gasteiger partial charge on any atom is -0.396 e. The first kappa shape index (κ1) is 18.2. The molecule has 1 N–H and O–H groups in total. The average molecular weight is 369 g/mol. The van der Waals surface area contributed by atoms with Crippen molar-refractivity contribution in [3.8, 4) is 11.3 Å². The smallest absolute Gasteiger partial charge is 0.276 e. The van der Waals surface area contributed by atoms with Crippen LogP contribution >= 0.6 is 0 Å². The summed E-state index contributed by atoms with van der Waals surface area (Å²) in [5, 5.41) is 13.3. The molecule has 27 heavy (non-hydrogen) atoms. The Morgan fingerprint density at radius 1 is 1.15 bits per heavy atom. The first-order valence-corrected chi connectivity index (χ1v) is 9.91. The predicted molar refractivity (Wildman–Crippen MR) is 102 cm³/mol. The summed E-state index contributed by atoms with van der Waals surface area (Å²) < 4.78 is 5.40. The van der Waals surface area contributed by atoms with Gasteiger partial charge in [0, 0.05) is 37.4 Å². The Morgan fingerprint density at radius 3 is 2.67 bits per heavy atom. The van der Waals surface area contributed by atoms with E-state index in [0.29, 0.717) is 30.0 Å². The average Bonchev–Trinajstić information content (AvgIpc) is 3.24. The highest BCUT2D eigenvalue weighted by molar-refractivity contribution is 5.93. The van der Waals surface area contributed by atoms with E-state index in [-0.39, 0.29) is 5.91 Å². The maximum absolute atomic E-state index is 12.9. The molecule has 1 atom stereocenters. The standard InChI is InChI=1S/C21H27N3O3/c25-15-16-8-11-23(12-9-16)18-7-4-10-24(14-18)21(26)19-13-20(27-22-19)17-5-2-1-3-6-17/h1-3,5-6,13,16,18,25H,4,7-12,14-15H2/t18-/m0/s1. The molecule has 0 bridgehead atoms. The molecular formula is C21H27N3O3. The molecule has 1 aromatic heterocycles. The van der Waals surface area contributed by atoms with Gasteiger partial charge in [0.2, 0.25) is 0 Å². The van der Waals surface area contributed by atoms with Crippen molar-refractivity contribution in [3.63, 3.8) is 0 Å². The zero-order valence-corrected chi connectivity index (χ0v) is 15.6. The van der Waals surface area contributed by atoms with Gasteiger partial charge in [0.05, 0.1) is 0 Å². The van der Waals surface area contributed by atoms with Crippen molar-refractivity contribution in [3.05, 3.63) is 42.1 Å². The van der Waals surface area contributed by atoms with Crippen LogP contribution in [0.5, 0.6) is 0 Å². The van der Waals surface area contributed by atoms with E-state index in [1.807, 2.05) is 35.2 Å². The largest absolute Gasteiger partial charge is 0.396 e. The Labute approximate surface area is 159 Å². The van der Waals surface area contributed by atoms with Crippen molar-refractivity contribution in [2.45, 2.75) is 31.7 Å². The van der Waals surface area contributed by atoms with E-state index < -0.39 is 0 Å². The number of aliphatic hydroxyl groups is 1. The Balaban J connectivity index is 1.40. The fraction of sp³-hybridized carbons (Fsp3) is 0.524. The van der Waals surface area contributed by atoms with E-state index in [2.05, 4.69) is 10.1 Å². The number of aromatic nitrogens is 1. The second-order valence-electron chi connectivity index (χ2n) is 7.65. The molecule has 1 aromatic carbocycles. The summed E-state index contributed by atoms with van der Waals surface area (Å²) >= 11 is 0.